The van der Waals surface area contributed by atoms with Crippen LogP contribution in [0.1, 0.15) is 22.3 Å². The Hall–Kier alpha value is -2.70. The first-order valence-corrected chi connectivity index (χ1v) is 8.17. The molecule has 2 atom stereocenters. The van der Waals surface area contributed by atoms with Crippen molar-refractivity contribution >= 4 is 11.9 Å². The van der Waals surface area contributed by atoms with Crippen LogP contribution in [0.15, 0.2) is 60.7 Å². The van der Waals surface area contributed by atoms with Crippen molar-refractivity contribution in [1.82, 2.24) is 10.8 Å². The Balaban J connectivity index is 1.41. The lowest BCUT2D eigenvalue weighted by atomic mass is 10.2. The van der Waals surface area contributed by atoms with Gasteiger partial charge in [-0.25, -0.2) is 5.48 Å². The second-order valence-corrected chi connectivity index (χ2v) is 5.83. The monoisotopic (exact) mass is 340 g/mol. The van der Waals surface area contributed by atoms with Crippen LogP contribution in [0.25, 0.3) is 0 Å². The summed E-state index contributed by atoms with van der Waals surface area (Å²) in [5.41, 5.74) is 3.89. The molecule has 1 aliphatic heterocycles. The summed E-state index contributed by atoms with van der Waals surface area (Å²) in [6, 6.07) is 17.9. The molecule has 2 N–H and O–H groups in total. The Kier molecular flexibility index (Phi) is 5.77. The molecule has 0 radical (unpaired) electrons. The Morgan fingerprint density at radius 1 is 1.04 bits per heavy atom. The first kappa shape index (κ1) is 17.1. The maximum Gasteiger partial charge on any atom is 0.323 e. The predicted octanol–water partition coefficient (Wildman–Crippen LogP) is 1.82. The van der Waals surface area contributed by atoms with Gasteiger partial charge >= 0.3 is 5.97 Å². The highest BCUT2D eigenvalue weighted by Gasteiger charge is 2.31. The second kappa shape index (κ2) is 8.41. The quantitative estimate of drug-likeness (QED) is 0.620. The van der Waals surface area contributed by atoms with Crippen LogP contribution in [0.2, 0.25) is 0 Å². The normalized spacial score (nSPS) is 19.4. The fourth-order valence-electron chi connectivity index (χ4n) is 2.59. The van der Waals surface area contributed by atoms with Crippen LogP contribution in [0, 0.1) is 0 Å². The lowest BCUT2D eigenvalue weighted by Gasteiger charge is -2.12. The molecule has 6 heteroatoms. The van der Waals surface area contributed by atoms with E-state index >= 15 is 0 Å². The van der Waals surface area contributed by atoms with E-state index in [0.29, 0.717) is 18.5 Å². The van der Waals surface area contributed by atoms with E-state index in [-0.39, 0.29) is 24.6 Å². The van der Waals surface area contributed by atoms with E-state index in [1.165, 1.54) is 0 Å². The summed E-state index contributed by atoms with van der Waals surface area (Å²) in [6.07, 6.45) is 0.171. The molecule has 0 aromatic heterocycles. The molecular formula is C19H20N2O4. The number of ether oxygens (including phenoxy) is 1. The van der Waals surface area contributed by atoms with Crippen LogP contribution in [0.3, 0.4) is 0 Å². The van der Waals surface area contributed by atoms with Crippen LogP contribution >= 0.6 is 0 Å². The first-order chi connectivity index (χ1) is 12.2. The van der Waals surface area contributed by atoms with E-state index < -0.39 is 6.04 Å². The molecule has 1 heterocycles. The molecule has 1 saturated heterocycles. The Morgan fingerprint density at radius 2 is 1.72 bits per heavy atom. The van der Waals surface area contributed by atoms with Crippen LogP contribution < -0.4 is 10.8 Å². The highest BCUT2D eigenvalue weighted by atomic mass is 16.7. The highest BCUT2D eigenvalue weighted by Crippen LogP contribution is 2.12. The molecule has 1 aliphatic rings. The standard InChI is InChI=1S/C19H20N2O4/c22-18(15-9-5-2-6-10-15)21-25-16-11-17(20-12-16)19(23)24-13-14-7-3-1-4-8-14/h1-10,16-17,20H,11-13H2,(H,21,22). The summed E-state index contributed by atoms with van der Waals surface area (Å²) in [5.74, 6) is -0.625. The molecule has 0 bridgehead atoms. The van der Waals surface area contributed by atoms with Crippen molar-refractivity contribution in [2.75, 3.05) is 6.54 Å². The third-order valence-electron chi connectivity index (χ3n) is 3.95. The highest BCUT2D eigenvalue weighted by molar-refractivity contribution is 5.93. The fraction of sp³-hybridized carbons (Fsp3) is 0.263. The van der Waals surface area contributed by atoms with E-state index in [1.807, 2.05) is 36.4 Å². The van der Waals surface area contributed by atoms with Gasteiger partial charge in [-0.15, -0.1) is 0 Å². The van der Waals surface area contributed by atoms with Crippen molar-refractivity contribution in [3.05, 3.63) is 71.8 Å². The number of carbonyl (C=O) groups excluding carboxylic acids is 2. The van der Waals surface area contributed by atoms with Gasteiger partial charge in [0, 0.05) is 18.5 Å². The predicted molar refractivity (Wildman–Crippen MR) is 91.4 cm³/mol. The summed E-state index contributed by atoms with van der Waals surface area (Å²) in [7, 11) is 0. The summed E-state index contributed by atoms with van der Waals surface area (Å²) in [5, 5.41) is 3.06. The van der Waals surface area contributed by atoms with Crippen molar-refractivity contribution in [3.8, 4) is 0 Å². The van der Waals surface area contributed by atoms with E-state index in [2.05, 4.69) is 10.8 Å². The summed E-state index contributed by atoms with van der Waals surface area (Å²) in [6.45, 7) is 0.717. The van der Waals surface area contributed by atoms with Gasteiger partial charge < -0.3 is 10.1 Å². The number of esters is 1. The number of hydroxylamine groups is 1. The minimum Gasteiger partial charge on any atom is -0.460 e. The second-order valence-electron chi connectivity index (χ2n) is 5.83. The van der Waals surface area contributed by atoms with Gasteiger partial charge in [-0.2, -0.15) is 0 Å². The van der Waals surface area contributed by atoms with Crippen molar-refractivity contribution in [1.29, 1.82) is 0 Å². The van der Waals surface area contributed by atoms with E-state index in [1.54, 1.807) is 24.3 Å². The lowest BCUT2D eigenvalue weighted by Crippen LogP contribution is -2.32. The molecule has 1 fully saturated rings. The number of hydrogen-bond donors (Lipinski definition) is 2. The smallest absolute Gasteiger partial charge is 0.323 e. The SMILES string of the molecule is O=C(NOC1CNC(C(=O)OCc2ccccc2)C1)c1ccccc1. The van der Waals surface area contributed by atoms with Gasteiger partial charge in [0.1, 0.15) is 12.6 Å². The third kappa shape index (κ3) is 4.89. The van der Waals surface area contributed by atoms with Gasteiger partial charge in [0.05, 0.1) is 6.10 Å². The van der Waals surface area contributed by atoms with Crippen LogP contribution in [0.4, 0.5) is 0 Å². The largest absolute Gasteiger partial charge is 0.460 e. The molecule has 0 aliphatic carbocycles. The summed E-state index contributed by atoms with van der Waals surface area (Å²) in [4.78, 5) is 29.4. The summed E-state index contributed by atoms with van der Waals surface area (Å²) >= 11 is 0. The molecule has 2 unspecified atom stereocenters. The van der Waals surface area contributed by atoms with Crippen molar-refractivity contribution in [2.45, 2.75) is 25.2 Å². The zero-order chi connectivity index (χ0) is 17.5. The molecule has 2 aromatic carbocycles. The molecular weight excluding hydrogens is 320 g/mol. The minimum atomic E-state index is -0.428. The summed E-state index contributed by atoms with van der Waals surface area (Å²) < 4.78 is 5.31. The van der Waals surface area contributed by atoms with Gasteiger partial charge in [0.25, 0.3) is 5.91 Å². The third-order valence-corrected chi connectivity index (χ3v) is 3.95. The van der Waals surface area contributed by atoms with Gasteiger partial charge in [0.15, 0.2) is 0 Å². The fourth-order valence-corrected chi connectivity index (χ4v) is 2.59. The van der Waals surface area contributed by atoms with Gasteiger partial charge in [0.2, 0.25) is 0 Å². The number of hydrogen-bond acceptors (Lipinski definition) is 5. The lowest BCUT2D eigenvalue weighted by molar-refractivity contribution is -0.147. The molecule has 0 saturated carbocycles. The van der Waals surface area contributed by atoms with E-state index in [4.69, 9.17) is 9.57 Å². The number of amides is 1. The molecule has 25 heavy (non-hydrogen) atoms. The number of nitrogens with one attached hydrogen (secondary N) is 2. The van der Waals surface area contributed by atoms with Gasteiger partial charge in [-0.3, -0.25) is 14.4 Å². The van der Waals surface area contributed by atoms with Crippen molar-refractivity contribution in [2.24, 2.45) is 0 Å². The minimum absolute atomic E-state index is 0.244. The number of rotatable bonds is 6. The Bertz CT molecular complexity index is 706. The van der Waals surface area contributed by atoms with Crippen LogP contribution in [-0.2, 0) is 21.0 Å². The Labute approximate surface area is 146 Å². The van der Waals surface area contributed by atoms with Crippen molar-refractivity contribution < 1.29 is 19.2 Å². The molecule has 1 amide bonds. The van der Waals surface area contributed by atoms with Crippen LogP contribution in [-0.4, -0.2) is 30.6 Å². The van der Waals surface area contributed by atoms with E-state index in [9.17, 15) is 9.59 Å². The van der Waals surface area contributed by atoms with Gasteiger partial charge in [-0.05, 0) is 17.7 Å². The first-order valence-electron chi connectivity index (χ1n) is 8.17. The average Bonchev–Trinajstić information content (AvgIpc) is 3.15. The number of carbonyl (C=O) groups is 2. The molecule has 2 aromatic rings. The molecule has 3 rings (SSSR count). The molecule has 6 nitrogen and oxygen atoms in total. The van der Waals surface area contributed by atoms with Crippen LogP contribution in [0.5, 0.6) is 0 Å². The Morgan fingerprint density at radius 3 is 2.44 bits per heavy atom. The maximum atomic E-state index is 12.1. The maximum absolute atomic E-state index is 12.1. The molecule has 130 valence electrons. The number of benzene rings is 2. The van der Waals surface area contributed by atoms with Crippen molar-refractivity contribution in [3.63, 3.8) is 0 Å². The average molecular weight is 340 g/mol. The van der Waals surface area contributed by atoms with Gasteiger partial charge in [-0.1, -0.05) is 48.5 Å². The zero-order valence-electron chi connectivity index (χ0n) is 13.7. The molecule has 0 spiro atoms. The topological polar surface area (TPSA) is 76.7 Å². The van der Waals surface area contributed by atoms with E-state index in [0.717, 1.165) is 5.56 Å². The zero-order valence-corrected chi connectivity index (χ0v) is 13.7.